The molecule has 1 heterocycles. The molecule has 0 saturated heterocycles. The first-order valence-corrected chi connectivity index (χ1v) is 7.30. The zero-order chi connectivity index (χ0) is 14.4. The summed E-state index contributed by atoms with van der Waals surface area (Å²) in [7, 11) is 0. The van der Waals surface area contributed by atoms with E-state index in [-0.39, 0.29) is 0 Å². The van der Waals surface area contributed by atoms with Crippen LogP contribution >= 0.6 is 23.2 Å². The molecule has 0 amide bonds. The minimum absolute atomic E-state index is 0.327. The third kappa shape index (κ3) is 4.17. The van der Waals surface area contributed by atoms with Crippen molar-refractivity contribution in [3.8, 4) is 5.75 Å². The van der Waals surface area contributed by atoms with E-state index in [1.165, 1.54) is 0 Å². The van der Waals surface area contributed by atoms with Crippen molar-refractivity contribution in [2.75, 3.05) is 6.54 Å². The van der Waals surface area contributed by atoms with Gasteiger partial charge in [-0.1, -0.05) is 36.2 Å². The summed E-state index contributed by atoms with van der Waals surface area (Å²) in [5, 5.41) is 4.22. The number of rotatable bonds is 7. The fourth-order valence-corrected chi connectivity index (χ4v) is 2.09. The number of benzene rings is 1. The lowest BCUT2D eigenvalue weighted by Crippen LogP contribution is -2.13. The molecule has 2 rings (SSSR count). The van der Waals surface area contributed by atoms with Crippen molar-refractivity contribution in [3.05, 3.63) is 51.9 Å². The SMILES string of the molecule is CCCNCc1coc(COc2cccc(Cl)c2Cl)c1. The van der Waals surface area contributed by atoms with Crippen LogP contribution in [0.2, 0.25) is 10.0 Å². The molecular formula is C15H17Cl2NO2. The van der Waals surface area contributed by atoms with Gasteiger partial charge in [-0.25, -0.2) is 0 Å². The molecule has 1 aromatic heterocycles. The number of furan rings is 1. The lowest BCUT2D eigenvalue weighted by molar-refractivity contribution is 0.270. The van der Waals surface area contributed by atoms with Gasteiger partial charge in [-0.3, -0.25) is 0 Å². The highest BCUT2D eigenvalue weighted by molar-refractivity contribution is 6.42. The predicted molar refractivity (Wildman–Crippen MR) is 81.5 cm³/mol. The van der Waals surface area contributed by atoms with Crippen LogP contribution in [0, 0.1) is 0 Å². The normalized spacial score (nSPS) is 10.8. The lowest BCUT2D eigenvalue weighted by Gasteiger charge is -2.06. The van der Waals surface area contributed by atoms with Crippen molar-refractivity contribution >= 4 is 23.2 Å². The minimum Gasteiger partial charge on any atom is -0.484 e. The Morgan fingerprint density at radius 2 is 2.15 bits per heavy atom. The Kier molecular flexibility index (Phi) is 5.77. The maximum absolute atomic E-state index is 6.05. The first kappa shape index (κ1) is 15.2. The zero-order valence-electron chi connectivity index (χ0n) is 11.3. The molecular weight excluding hydrogens is 297 g/mol. The molecule has 0 fully saturated rings. The number of hydrogen-bond donors (Lipinski definition) is 1. The fraction of sp³-hybridized carbons (Fsp3) is 0.333. The van der Waals surface area contributed by atoms with Gasteiger partial charge in [-0.05, 0) is 31.2 Å². The summed E-state index contributed by atoms with van der Waals surface area (Å²) in [6, 6.07) is 7.27. The summed E-state index contributed by atoms with van der Waals surface area (Å²) >= 11 is 12.0. The summed E-state index contributed by atoms with van der Waals surface area (Å²) in [6.45, 7) is 4.26. The highest BCUT2D eigenvalue weighted by Crippen LogP contribution is 2.31. The molecule has 108 valence electrons. The molecule has 0 bridgehead atoms. The minimum atomic E-state index is 0.327. The molecule has 20 heavy (non-hydrogen) atoms. The van der Waals surface area contributed by atoms with E-state index in [9.17, 15) is 0 Å². The highest BCUT2D eigenvalue weighted by atomic mass is 35.5. The Morgan fingerprint density at radius 3 is 2.95 bits per heavy atom. The molecule has 0 spiro atoms. The topological polar surface area (TPSA) is 34.4 Å². The second-order valence-electron chi connectivity index (χ2n) is 4.44. The zero-order valence-corrected chi connectivity index (χ0v) is 12.8. The van der Waals surface area contributed by atoms with Crippen molar-refractivity contribution in [1.29, 1.82) is 0 Å². The van der Waals surface area contributed by atoms with Crippen LogP contribution in [-0.2, 0) is 13.2 Å². The maximum Gasteiger partial charge on any atom is 0.146 e. The van der Waals surface area contributed by atoms with Gasteiger partial charge in [0.25, 0.3) is 0 Å². The molecule has 5 heteroatoms. The van der Waals surface area contributed by atoms with Gasteiger partial charge in [0.2, 0.25) is 0 Å². The molecule has 0 aliphatic heterocycles. The van der Waals surface area contributed by atoms with Gasteiger partial charge < -0.3 is 14.5 Å². The van der Waals surface area contributed by atoms with Crippen LogP contribution in [0.15, 0.2) is 34.9 Å². The maximum atomic E-state index is 6.05. The van der Waals surface area contributed by atoms with Gasteiger partial charge >= 0.3 is 0 Å². The van der Waals surface area contributed by atoms with Crippen molar-refractivity contribution in [1.82, 2.24) is 5.32 Å². The average Bonchev–Trinajstić information content (AvgIpc) is 2.89. The first-order valence-electron chi connectivity index (χ1n) is 6.54. The third-order valence-electron chi connectivity index (χ3n) is 2.75. The number of halogens is 2. The van der Waals surface area contributed by atoms with Crippen LogP contribution in [0.4, 0.5) is 0 Å². The summed E-state index contributed by atoms with van der Waals surface area (Å²) in [4.78, 5) is 0. The van der Waals surface area contributed by atoms with Crippen LogP contribution < -0.4 is 10.1 Å². The van der Waals surface area contributed by atoms with Gasteiger partial charge in [-0.2, -0.15) is 0 Å². The standard InChI is InChI=1S/C15H17Cl2NO2/c1-2-6-18-8-11-7-12(19-9-11)10-20-14-5-3-4-13(16)15(14)17/h3-5,7,9,18H,2,6,8,10H2,1H3. The van der Waals surface area contributed by atoms with Gasteiger partial charge in [0.05, 0.1) is 11.3 Å². The number of ether oxygens (including phenoxy) is 1. The van der Waals surface area contributed by atoms with E-state index >= 15 is 0 Å². The van der Waals surface area contributed by atoms with Crippen molar-refractivity contribution < 1.29 is 9.15 Å². The van der Waals surface area contributed by atoms with Crippen LogP contribution in [0.25, 0.3) is 0 Å². The summed E-state index contributed by atoms with van der Waals surface area (Å²) in [5.74, 6) is 1.32. The average molecular weight is 314 g/mol. The molecule has 1 aromatic carbocycles. The summed E-state index contributed by atoms with van der Waals surface area (Å²) in [5.41, 5.74) is 1.11. The van der Waals surface area contributed by atoms with E-state index in [1.807, 2.05) is 6.07 Å². The Balaban J connectivity index is 1.89. The third-order valence-corrected chi connectivity index (χ3v) is 3.55. The van der Waals surface area contributed by atoms with Crippen molar-refractivity contribution in [2.45, 2.75) is 26.5 Å². The highest BCUT2D eigenvalue weighted by Gasteiger charge is 2.07. The van der Waals surface area contributed by atoms with Gasteiger partial charge in [-0.15, -0.1) is 0 Å². The molecule has 0 aliphatic carbocycles. The Morgan fingerprint density at radius 1 is 1.30 bits per heavy atom. The van der Waals surface area contributed by atoms with Crippen LogP contribution in [0.3, 0.4) is 0 Å². The first-order chi connectivity index (χ1) is 9.70. The molecule has 2 aromatic rings. The summed E-state index contributed by atoms with van der Waals surface area (Å²) in [6.07, 6.45) is 2.85. The van der Waals surface area contributed by atoms with Crippen LogP contribution in [-0.4, -0.2) is 6.54 Å². The van der Waals surface area contributed by atoms with E-state index < -0.39 is 0 Å². The fourth-order valence-electron chi connectivity index (χ4n) is 1.75. The molecule has 0 aliphatic rings. The van der Waals surface area contributed by atoms with Gasteiger partial charge in [0.15, 0.2) is 0 Å². The van der Waals surface area contributed by atoms with Crippen molar-refractivity contribution in [2.24, 2.45) is 0 Å². The van der Waals surface area contributed by atoms with E-state index in [1.54, 1.807) is 24.5 Å². The second kappa shape index (κ2) is 7.58. The Hall–Kier alpha value is -1.16. The quantitative estimate of drug-likeness (QED) is 0.755. The monoisotopic (exact) mass is 313 g/mol. The Labute approximate surface area is 128 Å². The molecule has 0 atom stereocenters. The number of hydrogen-bond acceptors (Lipinski definition) is 3. The summed E-state index contributed by atoms with van der Waals surface area (Å²) < 4.78 is 11.1. The van der Waals surface area contributed by atoms with Crippen LogP contribution in [0.1, 0.15) is 24.7 Å². The molecule has 0 saturated carbocycles. The lowest BCUT2D eigenvalue weighted by atomic mass is 10.3. The predicted octanol–water partition coefficient (Wildman–Crippen LogP) is 4.67. The van der Waals surface area contributed by atoms with E-state index in [4.69, 9.17) is 32.4 Å². The van der Waals surface area contributed by atoms with Crippen LogP contribution in [0.5, 0.6) is 5.75 Å². The molecule has 0 radical (unpaired) electrons. The molecule has 0 unspecified atom stereocenters. The largest absolute Gasteiger partial charge is 0.484 e. The second-order valence-corrected chi connectivity index (χ2v) is 5.22. The van der Waals surface area contributed by atoms with E-state index in [2.05, 4.69) is 12.2 Å². The van der Waals surface area contributed by atoms with E-state index in [0.717, 1.165) is 30.8 Å². The molecule has 3 nitrogen and oxygen atoms in total. The van der Waals surface area contributed by atoms with Gasteiger partial charge in [0, 0.05) is 12.1 Å². The van der Waals surface area contributed by atoms with Gasteiger partial charge in [0.1, 0.15) is 23.1 Å². The number of nitrogens with one attached hydrogen (secondary N) is 1. The molecule has 1 N–H and O–H groups in total. The van der Waals surface area contributed by atoms with Crippen molar-refractivity contribution in [3.63, 3.8) is 0 Å². The smallest absolute Gasteiger partial charge is 0.146 e. The Bertz CT molecular complexity index is 555. The van der Waals surface area contributed by atoms with E-state index in [0.29, 0.717) is 22.4 Å².